The van der Waals surface area contributed by atoms with Gasteiger partial charge in [0, 0.05) is 5.92 Å². The molecule has 0 saturated carbocycles. The van der Waals surface area contributed by atoms with Crippen molar-refractivity contribution in [3.05, 3.63) is 159 Å². The van der Waals surface area contributed by atoms with E-state index in [9.17, 15) is 9.90 Å². The molecule has 0 unspecified atom stereocenters. The van der Waals surface area contributed by atoms with Gasteiger partial charge in [0.25, 0.3) is 5.56 Å². The normalized spacial score (nSPS) is 11.1. The summed E-state index contributed by atoms with van der Waals surface area (Å²) < 4.78 is 0. The van der Waals surface area contributed by atoms with Gasteiger partial charge in [-0.15, -0.1) is 0 Å². The molecule has 4 nitrogen and oxygen atoms in total. The molecular weight excluding hydrogens is 452 g/mol. The van der Waals surface area contributed by atoms with Crippen molar-refractivity contribution in [1.82, 2.24) is 9.97 Å². The van der Waals surface area contributed by atoms with E-state index in [1.165, 1.54) is 11.8 Å². The predicted octanol–water partition coefficient (Wildman–Crippen LogP) is 6.54. The van der Waals surface area contributed by atoms with Crippen LogP contribution in [0.25, 0.3) is 0 Å². The van der Waals surface area contributed by atoms with Crippen LogP contribution in [-0.4, -0.2) is 15.1 Å². The number of H-pyrrole nitrogens is 1. The second-order valence-electron chi connectivity index (χ2n) is 8.18. The summed E-state index contributed by atoms with van der Waals surface area (Å²) in [5.41, 5.74) is 3.88. The van der Waals surface area contributed by atoms with E-state index >= 15 is 0 Å². The molecule has 0 amide bonds. The number of rotatable bonds is 7. The standard InChI is InChI=1S/C30H24N2O2S/c33-28-26(25(21-13-5-1-6-14-21)22-15-7-2-8-16-22)29(34)32-30(31-28)35-27(23-17-9-3-10-18-23)24-19-11-4-12-20-24/h1-20,25,27H,(H2,31,32,33,34). The molecule has 0 aliphatic carbocycles. The molecule has 0 spiro atoms. The molecule has 0 fully saturated rings. The van der Waals surface area contributed by atoms with E-state index in [-0.39, 0.29) is 22.3 Å². The maximum atomic E-state index is 13.4. The van der Waals surface area contributed by atoms with Crippen LogP contribution in [0, 0.1) is 0 Å². The average Bonchev–Trinajstić information content (AvgIpc) is 2.91. The first-order chi connectivity index (χ1) is 17.2. The molecule has 5 aromatic rings. The average molecular weight is 477 g/mol. The summed E-state index contributed by atoms with van der Waals surface area (Å²) in [6, 6.07) is 39.6. The molecule has 2 N–H and O–H groups in total. The van der Waals surface area contributed by atoms with Gasteiger partial charge in [0.1, 0.15) is 0 Å². The lowest BCUT2D eigenvalue weighted by molar-refractivity contribution is 0.434. The fraction of sp³-hybridized carbons (Fsp3) is 0.0667. The number of aromatic hydroxyl groups is 1. The van der Waals surface area contributed by atoms with Gasteiger partial charge in [0.15, 0.2) is 5.16 Å². The molecule has 35 heavy (non-hydrogen) atoms. The minimum absolute atomic E-state index is 0.0927. The van der Waals surface area contributed by atoms with Crippen LogP contribution in [0.3, 0.4) is 0 Å². The number of hydrogen-bond acceptors (Lipinski definition) is 4. The third kappa shape index (κ3) is 5.05. The van der Waals surface area contributed by atoms with E-state index < -0.39 is 5.92 Å². The molecule has 1 aromatic heterocycles. The van der Waals surface area contributed by atoms with Crippen LogP contribution in [0.1, 0.15) is 39.0 Å². The molecule has 0 radical (unpaired) electrons. The van der Waals surface area contributed by atoms with E-state index in [1.807, 2.05) is 97.1 Å². The summed E-state index contributed by atoms with van der Waals surface area (Å²) in [7, 11) is 0. The largest absolute Gasteiger partial charge is 0.493 e. The monoisotopic (exact) mass is 476 g/mol. The number of benzene rings is 4. The minimum Gasteiger partial charge on any atom is -0.493 e. The molecule has 0 aliphatic heterocycles. The molecule has 0 saturated heterocycles. The van der Waals surface area contributed by atoms with Crippen LogP contribution in [0.15, 0.2) is 131 Å². The van der Waals surface area contributed by atoms with Gasteiger partial charge < -0.3 is 10.1 Å². The minimum atomic E-state index is -0.438. The number of nitrogens with one attached hydrogen (secondary N) is 1. The topological polar surface area (TPSA) is 66.0 Å². The highest BCUT2D eigenvalue weighted by molar-refractivity contribution is 7.99. The lowest BCUT2D eigenvalue weighted by Crippen LogP contribution is -2.20. The Morgan fingerprint density at radius 3 is 1.43 bits per heavy atom. The zero-order chi connectivity index (χ0) is 24.0. The van der Waals surface area contributed by atoms with Gasteiger partial charge in [0.05, 0.1) is 10.8 Å². The van der Waals surface area contributed by atoms with Gasteiger partial charge in [-0.2, -0.15) is 4.98 Å². The summed E-state index contributed by atoms with van der Waals surface area (Å²) in [5, 5.41) is 11.4. The van der Waals surface area contributed by atoms with Gasteiger partial charge in [-0.3, -0.25) is 4.79 Å². The summed E-state index contributed by atoms with van der Waals surface area (Å²) in [6.07, 6.45) is 0. The van der Waals surface area contributed by atoms with Crippen molar-refractivity contribution in [2.45, 2.75) is 16.3 Å². The zero-order valence-electron chi connectivity index (χ0n) is 18.9. The fourth-order valence-electron chi connectivity index (χ4n) is 4.28. The highest BCUT2D eigenvalue weighted by atomic mass is 32.2. The van der Waals surface area contributed by atoms with Crippen LogP contribution >= 0.6 is 11.8 Å². The molecule has 5 rings (SSSR count). The number of hydrogen-bond donors (Lipinski definition) is 2. The Bertz CT molecular complexity index is 1360. The van der Waals surface area contributed by atoms with Gasteiger partial charge in [0.2, 0.25) is 5.88 Å². The second kappa shape index (κ2) is 10.5. The van der Waals surface area contributed by atoms with Crippen molar-refractivity contribution in [3.63, 3.8) is 0 Å². The Balaban J connectivity index is 1.57. The first-order valence-electron chi connectivity index (χ1n) is 11.4. The van der Waals surface area contributed by atoms with Gasteiger partial charge in [-0.1, -0.05) is 133 Å². The zero-order valence-corrected chi connectivity index (χ0v) is 19.7. The lowest BCUT2D eigenvalue weighted by Gasteiger charge is -2.20. The van der Waals surface area contributed by atoms with Crippen LogP contribution in [0.5, 0.6) is 5.88 Å². The third-order valence-electron chi connectivity index (χ3n) is 5.90. The van der Waals surface area contributed by atoms with E-state index in [2.05, 4.69) is 34.2 Å². The summed E-state index contributed by atoms with van der Waals surface area (Å²) in [4.78, 5) is 20.8. The quantitative estimate of drug-likeness (QED) is 0.207. The smallest absolute Gasteiger partial charge is 0.259 e. The van der Waals surface area contributed by atoms with Gasteiger partial charge >= 0.3 is 0 Å². The molecule has 4 aromatic carbocycles. The molecule has 0 bridgehead atoms. The van der Waals surface area contributed by atoms with Gasteiger partial charge in [-0.05, 0) is 22.3 Å². The number of thioether (sulfide) groups is 1. The number of aromatic amines is 1. The third-order valence-corrected chi connectivity index (χ3v) is 7.10. The summed E-state index contributed by atoms with van der Waals surface area (Å²) >= 11 is 1.41. The van der Waals surface area contributed by atoms with Crippen molar-refractivity contribution in [1.29, 1.82) is 0 Å². The van der Waals surface area contributed by atoms with E-state index in [0.717, 1.165) is 22.3 Å². The highest BCUT2D eigenvalue weighted by Crippen LogP contribution is 2.40. The molecule has 1 heterocycles. The Morgan fingerprint density at radius 1 is 0.629 bits per heavy atom. The Morgan fingerprint density at radius 2 is 1.03 bits per heavy atom. The Kier molecular flexibility index (Phi) is 6.77. The van der Waals surface area contributed by atoms with E-state index in [1.54, 1.807) is 0 Å². The molecule has 0 aliphatic rings. The predicted molar refractivity (Wildman–Crippen MR) is 141 cm³/mol. The van der Waals surface area contributed by atoms with Crippen molar-refractivity contribution in [2.24, 2.45) is 0 Å². The summed E-state index contributed by atoms with van der Waals surface area (Å²) in [5.74, 6) is -0.694. The van der Waals surface area contributed by atoms with Crippen LogP contribution in [0.4, 0.5) is 0 Å². The molecule has 0 atom stereocenters. The Labute approximate surface area is 208 Å². The van der Waals surface area contributed by atoms with Crippen LogP contribution < -0.4 is 5.56 Å². The number of aromatic nitrogens is 2. The number of nitrogens with zero attached hydrogens (tertiary/aromatic N) is 1. The van der Waals surface area contributed by atoms with Crippen molar-refractivity contribution in [2.75, 3.05) is 0 Å². The highest BCUT2D eigenvalue weighted by Gasteiger charge is 2.26. The maximum Gasteiger partial charge on any atom is 0.259 e. The Hall–Kier alpha value is -4.09. The second-order valence-corrected chi connectivity index (χ2v) is 9.28. The van der Waals surface area contributed by atoms with Crippen LogP contribution in [0.2, 0.25) is 0 Å². The molecule has 5 heteroatoms. The first-order valence-corrected chi connectivity index (χ1v) is 12.3. The van der Waals surface area contributed by atoms with Crippen molar-refractivity contribution >= 4 is 11.8 Å². The fourth-order valence-corrected chi connectivity index (χ4v) is 5.38. The van der Waals surface area contributed by atoms with Crippen LogP contribution in [-0.2, 0) is 0 Å². The van der Waals surface area contributed by atoms with Gasteiger partial charge in [-0.25, -0.2) is 0 Å². The lowest BCUT2D eigenvalue weighted by atomic mass is 9.86. The first kappa shape index (κ1) is 22.7. The van der Waals surface area contributed by atoms with Crippen molar-refractivity contribution in [3.8, 4) is 5.88 Å². The van der Waals surface area contributed by atoms with E-state index in [0.29, 0.717) is 5.16 Å². The molecular formula is C30H24N2O2S. The van der Waals surface area contributed by atoms with E-state index in [4.69, 9.17) is 0 Å². The molecule has 172 valence electrons. The summed E-state index contributed by atoms with van der Waals surface area (Å²) in [6.45, 7) is 0. The van der Waals surface area contributed by atoms with Crippen molar-refractivity contribution < 1.29 is 5.11 Å². The maximum absolute atomic E-state index is 13.4. The SMILES string of the molecule is O=c1[nH]c(SC(c2ccccc2)c2ccccc2)nc(O)c1C(c1ccccc1)c1ccccc1.